The number of phenols is 1. The summed E-state index contributed by atoms with van der Waals surface area (Å²) in [6, 6.07) is 14.1. The second kappa shape index (κ2) is 6.70. The monoisotopic (exact) mass is 282 g/mol. The first-order valence-corrected chi connectivity index (χ1v) is 6.83. The van der Waals surface area contributed by atoms with Crippen molar-refractivity contribution in [1.29, 1.82) is 0 Å². The maximum absolute atomic E-state index is 12.1. The Morgan fingerprint density at radius 3 is 2.43 bits per heavy atom. The van der Waals surface area contributed by atoms with Crippen molar-refractivity contribution in [2.75, 3.05) is 0 Å². The van der Waals surface area contributed by atoms with E-state index in [0.29, 0.717) is 12.0 Å². The summed E-state index contributed by atoms with van der Waals surface area (Å²) >= 11 is 0. The van der Waals surface area contributed by atoms with Gasteiger partial charge in [-0.05, 0) is 54.8 Å². The highest BCUT2D eigenvalue weighted by Crippen LogP contribution is 2.12. The van der Waals surface area contributed by atoms with Crippen LogP contribution in [-0.2, 0) is 0 Å². The minimum Gasteiger partial charge on any atom is -0.508 e. The van der Waals surface area contributed by atoms with Crippen molar-refractivity contribution in [2.45, 2.75) is 20.3 Å². The van der Waals surface area contributed by atoms with Gasteiger partial charge in [0.05, 0.1) is 5.71 Å². The molecule has 2 aromatic carbocycles. The minimum atomic E-state index is -0.224. The molecule has 4 nitrogen and oxygen atoms in total. The SMILES string of the molecule is CC/C(=N\NC(=O)c1ccccc1C)c1ccc(O)cc1. The van der Waals surface area contributed by atoms with Gasteiger partial charge in [0.2, 0.25) is 0 Å². The van der Waals surface area contributed by atoms with Crippen molar-refractivity contribution in [2.24, 2.45) is 5.10 Å². The third kappa shape index (κ3) is 3.69. The molecule has 0 aromatic heterocycles. The quantitative estimate of drug-likeness (QED) is 0.668. The zero-order valence-corrected chi connectivity index (χ0v) is 12.1. The number of aromatic hydroxyl groups is 1. The Morgan fingerprint density at radius 2 is 1.81 bits per heavy atom. The fraction of sp³-hybridized carbons (Fsp3) is 0.176. The Balaban J connectivity index is 2.16. The Hall–Kier alpha value is -2.62. The van der Waals surface area contributed by atoms with E-state index in [2.05, 4.69) is 10.5 Å². The van der Waals surface area contributed by atoms with Crippen molar-refractivity contribution in [3.05, 3.63) is 65.2 Å². The second-order valence-electron chi connectivity index (χ2n) is 4.71. The molecule has 0 unspecified atom stereocenters. The lowest BCUT2D eigenvalue weighted by Gasteiger charge is -2.07. The number of nitrogens with one attached hydrogen (secondary N) is 1. The predicted octanol–water partition coefficient (Wildman–Crippen LogP) is 3.24. The molecule has 0 aliphatic carbocycles. The predicted molar refractivity (Wildman–Crippen MR) is 83.6 cm³/mol. The fourth-order valence-electron chi connectivity index (χ4n) is 2.01. The summed E-state index contributed by atoms with van der Waals surface area (Å²) in [4.78, 5) is 12.1. The molecule has 0 radical (unpaired) electrons. The lowest BCUT2D eigenvalue weighted by Crippen LogP contribution is -2.20. The molecule has 0 heterocycles. The molecular formula is C17H18N2O2. The average molecular weight is 282 g/mol. The lowest BCUT2D eigenvalue weighted by atomic mass is 10.1. The van der Waals surface area contributed by atoms with Crippen LogP contribution in [0.5, 0.6) is 5.75 Å². The van der Waals surface area contributed by atoms with E-state index in [1.54, 1.807) is 30.3 Å². The molecule has 0 fully saturated rings. The molecular weight excluding hydrogens is 264 g/mol. The van der Waals surface area contributed by atoms with Gasteiger partial charge in [-0.25, -0.2) is 5.43 Å². The number of amides is 1. The number of carbonyl (C=O) groups excluding carboxylic acids is 1. The molecule has 0 saturated carbocycles. The van der Waals surface area contributed by atoms with Crippen LogP contribution in [0.25, 0.3) is 0 Å². The van der Waals surface area contributed by atoms with E-state index >= 15 is 0 Å². The number of aryl methyl sites for hydroxylation is 1. The van der Waals surface area contributed by atoms with Crippen LogP contribution in [0.3, 0.4) is 0 Å². The summed E-state index contributed by atoms with van der Waals surface area (Å²) in [6.07, 6.45) is 0.679. The van der Waals surface area contributed by atoms with Crippen LogP contribution < -0.4 is 5.43 Å². The highest BCUT2D eigenvalue weighted by atomic mass is 16.3. The van der Waals surface area contributed by atoms with Gasteiger partial charge in [0, 0.05) is 5.56 Å². The summed E-state index contributed by atoms with van der Waals surface area (Å²) in [5.74, 6) is -0.0176. The minimum absolute atomic E-state index is 0.207. The molecule has 0 aliphatic rings. The van der Waals surface area contributed by atoms with Crippen molar-refractivity contribution < 1.29 is 9.90 Å². The van der Waals surface area contributed by atoms with E-state index in [-0.39, 0.29) is 11.7 Å². The van der Waals surface area contributed by atoms with Gasteiger partial charge in [0.1, 0.15) is 5.75 Å². The topological polar surface area (TPSA) is 61.7 Å². The summed E-state index contributed by atoms with van der Waals surface area (Å²) in [6.45, 7) is 3.85. The van der Waals surface area contributed by atoms with Crippen LogP contribution in [0.4, 0.5) is 0 Å². The molecule has 2 rings (SSSR count). The Kier molecular flexibility index (Phi) is 4.72. The smallest absolute Gasteiger partial charge is 0.271 e. The first-order chi connectivity index (χ1) is 10.1. The van der Waals surface area contributed by atoms with Crippen molar-refractivity contribution >= 4 is 11.6 Å². The van der Waals surface area contributed by atoms with E-state index < -0.39 is 0 Å². The van der Waals surface area contributed by atoms with Crippen LogP contribution in [0.2, 0.25) is 0 Å². The number of hydrogen-bond acceptors (Lipinski definition) is 3. The first kappa shape index (κ1) is 14.8. The number of nitrogens with zero attached hydrogens (tertiary/aromatic N) is 1. The van der Waals surface area contributed by atoms with Crippen LogP contribution >= 0.6 is 0 Å². The van der Waals surface area contributed by atoms with Gasteiger partial charge in [-0.15, -0.1) is 0 Å². The van der Waals surface area contributed by atoms with Crippen LogP contribution in [0.1, 0.15) is 34.8 Å². The van der Waals surface area contributed by atoms with Gasteiger partial charge in [-0.3, -0.25) is 4.79 Å². The zero-order valence-electron chi connectivity index (χ0n) is 12.1. The number of carbonyl (C=O) groups is 1. The number of benzene rings is 2. The Morgan fingerprint density at radius 1 is 1.14 bits per heavy atom. The molecule has 21 heavy (non-hydrogen) atoms. The van der Waals surface area contributed by atoms with Gasteiger partial charge in [0.25, 0.3) is 5.91 Å². The van der Waals surface area contributed by atoms with E-state index in [4.69, 9.17) is 0 Å². The summed E-state index contributed by atoms with van der Waals surface area (Å²) in [5, 5.41) is 13.5. The van der Waals surface area contributed by atoms with E-state index in [1.165, 1.54) is 0 Å². The lowest BCUT2D eigenvalue weighted by molar-refractivity contribution is 0.0954. The van der Waals surface area contributed by atoms with E-state index in [0.717, 1.165) is 16.8 Å². The molecule has 0 atom stereocenters. The Bertz CT molecular complexity index is 661. The number of rotatable bonds is 4. The van der Waals surface area contributed by atoms with Crippen LogP contribution in [0, 0.1) is 6.92 Å². The van der Waals surface area contributed by atoms with Gasteiger partial charge in [-0.1, -0.05) is 25.1 Å². The number of phenolic OH excluding ortho intramolecular Hbond substituents is 1. The largest absolute Gasteiger partial charge is 0.508 e. The van der Waals surface area contributed by atoms with Gasteiger partial charge in [-0.2, -0.15) is 5.10 Å². The standard InChI is InChI=1S/C17H18N2O2/c1-3-16(13-8-10-14(20)11-9-13)18-19-17(21)15-7-5-4-6-12(15)2/h4-11,20H,3H2,1-2H3,(H,19,21)/b18-16+. The van der Waals surface area contributed by atoms with Crippen LogP contribution in [0.15, 0.2) is 53.6 Å². The first-order valence-electron chi connectivity index (χ1n) is 6.83. The second-order valence-corrected chi connectivity index (χ2v) is 4.71. The highest BCUT2D eigenvalue weighted by Gasteiger charge is 2.08. The molecule has 0 bridgehead atoms. The molecule has 0 spiro atoms. The molecule has 1 amide bonds. The summed E-state index contributed by atoms with van der Waals surface area (Å²) in [5.41, 5.74) is 5.75. The third-order valence-corrected chi connectivity index (χ3v) is 3.22. The van der Waals surface area contributed by atoms with E-state index in [9.17, 15) is 9.90 Å². The molecule has 108 valence electrons. The molecule has 2 N–H and O–H groups in total. The normalized spacial score (nSPS) is 11.2. The molecule has 0 aliphatic heterocycles. The maximum atomic E-state index is 12.1. The zero-order chi connectivity index (χ0) is 15.2. The number of hydrogen-bond donors (Lipinski definition) is 2. The molecule has 2 aromatic rings. The van der Waals surface area contributed by atoms with Gasteiger partial charge >= 0.3 is 0 Å². The highest BCUT2D eigenvalue weighted by molar-refractivity contribution is 6.02. The molecule has 0 saturated heterocycles. The van der Waals surface area contributed by atoms with Crippen LogP contribution in [-0.4, -0.2) is 16.7 Å². The van der Waals surface area contributed by atoms with Gasteiger partial charge < -0.3 is 5.11 Å². The average Bonchev–Trinajstić information content (AvgIpc) is 2.49. The number of hydrazone groups is 1. The fourth-order valence-corrected chi connectivity index (χ4v) is 2.01. The third-order valence-electron chi connectivity index (χ3n) is 3.22. The van der Waals surface area contributed by atoms with Crippen molar-refractivity contribution in [3.63, 3.8) is 0 Å². The molecule has 4 heteroatoms. The van der Waals surface area contributed by atoms with E-state index in [1.807, 2.05) is 32.0 Å². The summed E-state index contributed by atoms with van der Waals surface area (Å²) < 4.78 is 0. The van der Waals surface area contributed by atoms with Crippen molar-refractivity contribution in [1.82, 2.24) is 5.43 Å². The maximum Gasteiger partial charge on any atom is 0.271 e. The Labute approximate surface area is 124 Å². The van der Waals surface area contributed by atoms with Crippen molar-refractivity contribution in [3.8, 4) is 5.75 Å². The van der Waals surface area contributed by atoms with Gasteiger partial charge in [0.15, 0.2) is 0 Å². The summed E-state index contributed by atoms with van der Waals surface area (Å²) in [7, 11) is 0.